The van der Waals surface area contributed by atoms with Gasteiger partial charge in [0.25, 0.3) is 0 Å². The molecule has 3 aliphatic rings. The summed E-state index contributed by atoms with van der Waals surface area (Å²) < 4.78 is 0. The van der Waals surface area contributed by atoms with Crippen LogP contribution < -0.4 is 0 Å². The van der Waals surface area contributed by atoms with E-state index in [-0.39, 0.29) is 24.9 Å². The van der Waals surface area contributed by atoms with Gasteiger partial charge in [0.05, 0.1) is 6.61 Å². The summed E-state index contributed by atoms with van der Waals surface area (Å²) in [6, 6.07) is 0. The van der Waals surface area contributed by atoms with Crippen LogP contribution in [0.15, 0.2) is 5.18 Å². The van der Waals surface area contributed by atoms with Gasteiger partial charge in [-0.15, -0.1) is 0 Å². The molecule has 0 amide bonds. The highest BCUT2D eigenvalue weighted by Gasteiger charge is 2.52. The summed E-state index contributed by atoms with van der Waals surface area (Å²) in [5.41, 5.74) is -0.983. The van der Waals surface area contributed by atoms with E-state index in [9.17, 15) is 14.8 Å². The number of hydrogen-bond donors (Lipinski definition) is 1. The van der Waals surface area contributed by atoms with Gasteiger partial charge in [0.1, 0.15) is 12.1 Å². The molecule has 14 heavy (non-hydrogen) atoms. The average Bonchev–Trinajstić information content (AvgIpc) is 2.24. The maximum Gasteiger partial charge on any atom is 0.160 e. The zero-order valence-electron chi connectivity index (χ0n) is 7.98. The maximum absolute atomic E-state index is 11.9. The van der Waals surface area contributed by atoms with Crippen molar-refractivity contribution in [3.05, 3.63) is 4.91 Å². The van der Waals surface area contributed by atoms with Gasteiger partial charge >= 0.3 is 0 Å². The van der Waals surface area contributed by atoms with Crippen LogP contribution in [0.1, 0.15) is 12.8 Å². The van der Waals surface area contributed by atoms with E-state index >= 15 is 0 Å². The Bertz CT molecular complexity index is 261. The van der Waals surface area contributed by atoms with E-state index in [0.29, 0.717) is 0 Å². The average molecular weight is 198 g/mol. The molecule has 1 unspecified atom stereocenters. The highest BCUT2D eigenvalue weighted by molar-refractivity contribution is 5.92. The van der Waals surface area contributed by atoms with Crippen LogP contribution in [0.25, 0.3) is 0 Å². The summed E-state index contributed by atoms with van der Waals surface area (Å²) in [5.74, 6) is 0.0472. The second-order valence-corrected chi connectivity index (χ2v) is 4.10. The van der Waals surface area contributed by atoms with Crippen LogP contribution in [0.4, 0.5) is 0 Å². The summed E-state index contributed by atoms with van der Waals surface area (Å²) in [6.45, 7) is 1.20. The molecule has 0 spiro atoms. The normalized spacial score (nSPS) is 41.4. The first kappa shape index (κ1) is 9.73. The van der Waals surface area contributed by atoms with Crippen LogP contribution in [0, 0.1) is 10.8 Å². The van der Waals surface area contributed by atoms with Crippen LogP contribution in [0.5, 0.6) is 0 Å². The SMILES string of the molecule is O=NCC1(CO)C(=O)C2CCN1CC2. The number of rotatable bonds is 3. The molecule has 0 aromatic heterocycles. The van der Waals surface area contributed by atoms with Crippen LogP contribution in [-0.2, 0) is 4.79 Å². The van der Waals surface area contributed by atoms with Crippen LogP contribution in [-0.4, -0.2) is 47.6 Å². The van der Waals surface area contributed by atoms with Gasteiger partial charge in [-0.3, -0.25) is 9.69 Å². The Morgan fingerprint density at radius 2 is 2.14 bits per heavy atom. The monoisotopic (exact) mass is 198 g/mol. The van der Waals surface area contributed by atoms with Crippen molar-refractivity contribution in [3.63, 3.8) is 0 Å². The number of fused-ring (bicyclic) bond motifs is 3. The second-order valence-electron chi connectivity index (χ2n) is 4.10. The number of carbonyl (C=O) groups is 1. The van der Waals surface area contributed by atoms with Gasteiger partial charge in [-0.05, 0) is 25.9 Å². The Morgan fingerprint density at radius 3 is 2.57 bits per heavy atom. The van der Waals surface area contributed by atoms with E-state index in [0.717, 1.165) is 25.9 Å². The fraction of sp³-hybridized carbons (Fsp3) is 0.889. The van der Waals surface area contributed by atoms with Crippen molar-refractivity contribution >= 4 is 5.78 Å². The Hall–Kier alpha value is -0.810. The topological polar surface area (TPSA) is 70.0 Å². The summed E-state index contributed by atoms with van der Waals surface area (Å²) in [7, 11) is 0. The Morgan fingerprint density at radius 1 is 1.50 bits per heavy atom. The van der Waals surface area contributed by atoms with Gasteiger partial charge in [0, 0.05) is 5.92 Å². The lowest BCUT2D eigenvalue weighted by Gasteiger charge is -2.50. The zero-order valence-corrected chi connectivity index (χ0v) is 7.98. The number of nitrogens with zero attached hydrogens (tertiary/aromatic N) is 2. The minimum absolute atomic E-state index is 0.0112. The first-order valence-corrected chi connectivity index (χ1v) is 4.94. The van der Waals surface area contributed by atoms with Gasteiger partial charge in [-0.1, -0.05) is 5.18 Å². The number of aliphatic hydroxyl groups is 1. The van der Waals surface area contributed by atoms with Crippen molar-refractivity contribution in [2.75, 3.05) is 26.2 Å². The number of hydrogen-bond acceptors (Lipinski definition) is 5. The van der Waals surface area contributed by atoms with Crippen molar-refractivity contribution in [2.45, 2.75) is 18.4 Å². The van der Waals surface area contributed by atoms with Gasteiger partial charge in [-0.25, -0.2) is 0 Å². The van der Waals surface area contributed by atoms with E-state index in [2.05, 4.69) is 5.18 Å². The molecule has 2 bridgehead atoms. The third-order valence-corrected chi connectivity index (χ3v) is 3.52. The molecule has 0 saturated carbocycles. The molecule has 3 aliphatic heterocycles. The third kappa shape index (κ3) is 1.12. The number of nitroso groups, excluding NO2 is 1. The lowest BCUT2D eigenvalue weighted by atomic mass is 9.73. The summed E-state index contributed by atoms with van der Waals surface area (Å²) in [4.78, 5) is 24.2. The number of Topliss-reactive ketones (excluding diaryl/α,β-unsaturated/α-hetero) is 1. The quantitative estimate of drug-likeness (QED) is 0.636. The van der Waals surface area contributed by atoms with Crippen molar-refractivity contribution in [1.82, 2.24) is 4.90 Å². The van der Waals surface area contributed by atoms with Gasteiger partial charge < -0.3 is 5.11 Å². The lowest BCUT2D eigenvalue weighted by Crippen LogP contribution is -2.68. The van der Waals surface area contributed by atoms with Crippen LogP contribution in [0.2, 0.25) is 0 Å². The van der Waals surface area contributed by atoms with E-state index in [1.54, 1.807) is 0 Å². The highest BCUT2D eigenvalue weighted by atomic mass is 16.3. The molecule has 0 radical (unpaired) electrons. The summed E-state index contributed by atoms with van der Waals surface area (Å²) in [5, 5.41) is 12.1. The van der Waals surface area contributed by atoms with Crippen molar-refractivity contribution in [1.29, 1.82) is 0 Å². The molecular weight excluding hydrogens is 184 g/mol. The molecule has 78 valence electrons. The number of piperidine rings is 3. The molecule has 3 rings (SSSR count). The molecule has 0 aromatic carbocycles. The smallest absolute Gasteiger partial charge is 0.160 e. The first-order chi connectivity index (χ1) is 6.74. The van der Waals surface area contributed by atoms with Crippen LogP contribution in [0.3, 0.4) is 0 Å². The third-order valence-electron chi connectivity index (χ3n) is 3.52. The Balaban J connectivity index is 2.30. The van der Waals surface area contributed by atoms with Gasteiger partial charge in [0.15, 0.2) is 5.78 Å². The molecule has 0 aromatic rings. The van der Waals surface area contributed by atoms with E-state index < -0.39 is 5.54 Å². The molecule has 5 nitrogen and oxygen atoms in total. The summed E-state index contributed by atoms with van der Waals surface area (Å²) in [6.07, 6.45) is 1.72. The molecule has 0 aliphatic carbocycles. The largest absolute Gasteiger partial charge is 0.394 e. The van der Waals surface area contributed by atoms with Gasteiger partial charge in [-0.2, -0.15) is 4.91 Å². The van der Waals surface area contributed by atoms with Crippen molar-refractivity contribution < 1.29 is 9.90 Å². The highest BCUT2D eigenvalue weighted by Crippen LogP contribution is 2.36. The molecular formula is C9H14N2O3. The first-order valence-electron chi connectivity index (χ1n) is 4.94. The lowest BCUT2D eigenvalue weighted by molar-refractivity contribution is -0.150. The molecule has 1 N–H and O–H groups in total. The van der Waals surface area contributed by atoms with Crippen molar-refractivity contribution in [3.8, 4) is 0 Å². The molecule has 1 atom stereocenters. The summed E-state index contributed by atoms with van der Waals surface area (Å²) >= 11 is 0. The molecule has 3 saturated heterocycles. The maximum atomic E-state index is 11.9. The van der Waals surface area contributed by atoms with Crippen molar-refractivity contribution in [2.24, 2.45) is 11.1 Å². The van der Waals surface area contributed by atoms with E-state index in [4.69, 9.17) is 0 Å². The number of ketones is 1. The minimum atomic E-state index is -0.983. The van der Waals surface area contributed by atoms with E-state index in [1.165, 1.54) is 0 Å². The fourth-order valence-electron chi connectivity index (χ4n) is 2.62. The minimum Gasteiger partial charge on any atom is -0.394 e. The fourth-order valence-corrected chi connectivity index (χ4v) is 2.62. The Kier molecular flexibility index (Phi) is 2.36. The Labute approximate surface area is 82.1 Å². The predicted octanol–water partition coefficient (Wildman–Crippen LogP) is -0.221. The van der Waals surface area contributed by atoms with Gasteiger partial charge in [0.2, 0.25) is 0 Å². The number of aliphatic hydroxyl groups excluding tert-OH is 1. The number of carbonyl (C=O) groups excluding carboxylic acids is 1. The molecule has 3 heterocycles. The zero-order chi connectivity index (χ0) is 10.2. The standard InChI is InChI=1S/C9H14N2O3/c12-6-9(5-10-14)8(13)7-1-3-11(9)4-2-7/h7,12H,1-6H2. The predicted molar refractivity (Wildman–Crippen MR) is 49.8 cm³/mol. The van der Waals surface area contributed by atoms with E-state index in [1.807, 2.05) is 4.90 Å². The van der Waals surface area contributed by atoms with Crippen LogP contribution >= 0.6 is 0 Å². The molecule has 3 fully saturated rings. The second kappa shape index (κ2) is 3.40. The molecule has 5 heteroatoms.